The Kier molecular flexibility index (Phi) is 3.44. The molecule has 0 aromatic heterocycles. The number of nitrogens with zero attached hydrogens (tertiary/aromatic N) is 1. The average Bonchev–Trinajstić information content (AvgIpc) is 2.32. The zero-order valence-corrected chi connectivity index (χ0v) is 9.58. The van der Waals surface area contributed by atoms with Crippen LogP contribution in [-0.4, -0.2) is 24.4 Å². The first-order chi connectivity index (χ1) is 7.70. The second-order valence-electron chi connectivity index (χ2n) is 4.08. The van der Waals surface area contributed by atoms with Crippen molar-refractivity contribution >= 4 is 18.0 Å². The van der Waals surface area contributed by atoms with Crippen molar-refractivity contribution < 1.29 is 9.18 Å². The van der Waals surface area contributed by atoms with E-state index in [1.165, 1.54) is 12.1 Å². The van der Waals surface area contributed by atoms with Crippen LogP contribution in [0.5, 0.6) is 0 Å². The van der Waals surface area contributed by atoms with E-state index in [9.17, 15) is 9.18 Å². The number of hydrogen-bond donors (Lipinski definition) is 0. The molecule has 0 spiro atoms. The molecular formula is C12H13ClFNO. The molecule has 1 amide bonds. The van der Waals surface area contributed by atoms with Crippen LogP contribution >= 0.6 is 11.6 Å². The van der Waals surface area contributed by atoms with Gasteiger partial charge in [0.15, 0.2) is 0 Å². The van der Waals surface area contributed by atoms with Crippen LogP contribution in [0.1, 0.15) is 24.3 Å². The third-order valence-corrected chi connectivity index (χ3v) is 3.42. The molecule has 2 rings (SSSR count). The summed E-state index contributed by atoms with van der Waals surface area (Å²) in [6.07, 6.45) is 2.56. The molecule has 0 saturated carbocycles. The summed E-state index contributed by atoms with van der Waals surface area (Å²) in [6.45, 7) is 1.45. The van der Waals surface area contributed by atoms with Gasteiger partial charge >= 0.3 is 0 Å². The highest BCUT2D eigenvalue weighted by Crippen LogP contribution is 2.32. The molecule has 0 atom stereocenters. The first kappa shape index (κ1) is 11.4. The van der Waals surface area contributed by atoms with Crippen molar-refractivity contribution in [3.63, 3.8) is 0 Å². The third-order valence-electron chi connectivity index (χ3n) is 3.08. The van der Waals surface area contributed by atoms with Crippen molar-refractivity contribution in [1.82, 2.24) is 4.90 Å². The summed E-state index contributed by atoms with van der Waals surface area (Å²) in [7, 11) is 0. The predicted molar refractivity (Wildman–Crippen MR) is 61.0 cm³/mol. The fourth-order valence-electron chi connectivity index (χ4n) is 2.14. The molecule has 0 radical (unpaired) electrons. The van der Waals surface area contributed by atoms with Crippen molar-refractivity contribution in [2.75, 3.05) is 13.1 Å². The Morgan fingerprint density at radius 2 is 2.06 bits per heavy atom. The van der Waals surface area contributed by atoms with E-state index in [-0.39, 0.29) is 11.7 Å². The monoisotopic (exact) mass is 241 g/mol. The molecule has 1 saturated heterocycles. The summed E-state index contributed by atoms with van der Waals surface area (Å²) in [5, 5.41) is 0.617. The molecule has 86 valence electrons. The van der Waals surface area contributed by atoms with Gasteiger partial charge in [-0.3, -0.25) is 4.79 Å². The molecule has 1 aromatic rings. The van der Waals surface area contributed by atoms with Gasteiger partial charge in [-0.25, -0.2) is 4.39 Å². The Morgan fingerprint density at radius 3 is 2.69 bits per heavy atom. The van der Waals surface area contributed by atoms with Gasteiger partial charge in [0.2, 0.25) is 6.41 Å². The Morgan fingerprint density at radius 1 is 1.38 bits per heavy atom. The summed E-state index contributed by atoms with van der Waals surface area (Å²) in [5.74, 6) is 0.0108. The van der Waals surface area contributed by atoms with E-state index in [2.05, 4.69) is 0 Å². The quantitative estimate of drug-likeness (QED) is 0.729. The zero-order chi connectivity index (χ0) is 11.5. The minimum atomic E-state index is -0.253. The van der Waals surface area contributed by atoms with Gasteiger partial charge in [0.25, 0.3) is 0 Å². The third kappa shape index (κ3) is 2.35. The second kappa shape index (κ2) is 4.83. The van der Waals surface area contributed by atoms with Gasteiger partial charge in [-0.1, -0.05) is 11.6 Å². The molecule has 4 heteroatoms. The Hall–Kier alpha value is -1.09. The van der Waals surface area contributed by atoms with Gasteiger partial charge in [-0.2, -0.15) is 0 Å². The van der Waals surface area contributed by atoms with Crippen LogP contribution in [-0.2, 0) is 4.79 Å². The van der Waals surface area contributed by atoms with Crippen LogP contribution in [0, 0.1) is 5.82 Å². The molecule has 2 nitrogen and oxygen atoms in total. The molecule has 1 fully saturated rings. The van der Waals surface area contributed by atoms with Crippen LogP contribution < -0.4 is 0 Å². The van der Waals surface area contributed by atoms with Crippen molar-refractivity contribution in [1.29, 1.82) is 0 Å². The predicted octanol–water partition coefficient (Wildman–Crippen LogP) is 2.81. The fourth-order valence-corrected chi connectivity index (χ4v) is 2.42. The summed E-state index contributed by atoms with van der Waals surface area (Å²) in [4.78, 5) is 12.3. The van der Waals surface area contributed by atoms with Gasteiger partial charge in [0.1, 0.15) is 5.82 Å². The number of amides is 1. The first-order valence-electron chi connectivity index (χ1n) is 5.35. The van der Waals surface area contributed by atoms with Crippen molar-refractivity contribution in [3.05, 3.63) is 34.6 Å². The molecule has 1 heterocycles. The number of halogens is 2. The summed E-state index contributed by atoms with van der Waals surface area (Å²) >= 11 is 6.05. The molecule has 1 aliphatic rings. The lowest BCUT2D eigenvalue weighted by Gasteiger charge is -2.29. The number of benzene rings is 1. The van der Waals surface area contributed by atoms with E-state index in [0.29, 0.717) is 5.02 Å². The molecule has 16 heavy (non-hydrogen) atoms. The van der Waals surface area contributed by atoms with Crippen LogP contribution in [0.2, 0.25) is 5.02 Å². The Balaban J connectivity index is 2.13. The molecule has 0 aliphatic carbocycles. The van der Waals surface area contributed by atoms with Gasteiger partial charge in [-0.15, -0.1) is 0 Å². The summed E-state index contributed by atoms with van der Waals surface area (Å²) in [5.41, 5.74) is 0.868. The second-order valence-corrected chi connectivity index (χ2v) is 4.49. The lowest BCUT2D eigenvalue weighted by molar-refractivity contribution is -0.119. The average molecular weight is 242 g/mol. The van der Waals surface area contributed by atoms with Crippen LogP contribution in [0.4, 0.5) is 4.39 Å². The topological polar surface area (TPSA) is 20.3 Å². The number of piperidine rings is 1. The summed E-state index contributed by atoms with van der Waals surface area (Å²) in [6, 6.07) is 4.47. The minimum Gasteiger partial charge on any atom is -0.345 e. The SMILES string of the molecule is O=CN1CCC(c2cc(F)ccc2Cl)CC1. The van der Waals surface area contributed by atoms with Crippen molar-refractivity contribution in [2.45, 2.75) is 18.8 Å². The van der Waals surface area contributed by atoms with Gasteiger partial charge in [0.05, 0.1) is 0 Å². The van der Waals surface area contributed by atoms with Crippen LogP contribution in [0.3, 0.4) is 0 Å². The Bertz CT molecular complexity index is 389. The highest BCUT2D eigenvalue weighted by atomic mass is 35.5. The Labute approximate surface area is 99.0 Å². The number of likely N-dealkylation sites (tertiary alicyclic amines) is 1. The molecule has 1 aromatic carbocycles. The maximum Gasteiger partial charge on any atom is 0.209 e. The normalized spacial score (nSPS) is 17.5. The lowest BCUT2D eigenvalue weighted by atomic mass is 9.89. The number of carbonyl (C=O) groups excluding carboxylic acids is 1. The van der Waals surface area contributed by atoms with E-state index in [1.54, 1.807) is 11.0 Å². The summed E-state index contributed by atoms with van der Waals surface area (Å²) < 4.78 is 13.1. The largest absolute Gasteiger partial charge is 0.345 e. The smallest absolute Gasteiger partial charge is 0.209 e. The lowest BCUT2D eigenvalue weighted by Crippen LogP contribution is -2.31. The number of hydrogen-bond acceptors (Lipinski definition) is 1. The van der Waals surface area contributed by atoms with Gasteiger partial charge in [0, 0.05) is 18.1 Å². The van der Waals surface area contributed by atoms with E-state index in [1.807, 2.05) is 0 Å². The van der Waals surface area contributed by atoms with E-state index in [4.69, 9.17) is 11.6 Å². The van der Waals surface area contributed by atoms with E-state index >= 15 is 0 Å². The molecule has 0 unspecified atom stereocenters. The fraction of sp³-hybridized carbons (Fsp3) is 0.417. The van der Waals surface area contributed by atoms with Gasteiger partial charge in [-0.05, 0) is 42.5 Å². The molecular weight excluding hydrogens is 229 g/mol. The van der Waals surface area contributed by atoms with Crippen LogP contribution in [0.15, 0.2) is 18.2 Å². The highest BCUT2D eigenvalue weighted by molar-refractivity contribution is 6.31. The van der Waals surface area contributed by atoms with E-state index < -0.39 is 0 Å². The molecule has 0 N–H and O–H groups in total. The number of rotatable bonds is 2. The molecule has 0 bridgehead atoms. The van der Waals surface area contributed by atoms with Gasteiger partial charge < -0.3 is 4.90 Å². The number of carbonyl (C=O) groups is 1. The van der Waals surface area contributed by atoms with Crippen molar-refractivity contribution in [3.8, 4) is 0 Å². The van der Waals surface area contributed by atoms with Crippen molar-refractivity contribution in [2.24, 2.45) is 0 Å². The first-order valence-corrected chi connectivity index (χ1v) is 5.73. The minimum absolute atomic E-state index is 0.253. The van der Waals surface area contributed by atoms with E-state index in [0.717, 1.165) is 37.9 Å². The standard InChI is InChI=1S/C12H13ClFNO/c13-12-2-1-10(14)7-11(12)9-3-5-15(8-16)6-4-9/h1-2,7-9H,3-6H2. The zero-order valence-electron chi connectivity index (χ0n) is 8.83. The maximum absolute atomic E-state index is 13.1. The maximum atomic E-state index is 13.1. The highest BCUT2D eigenvalue weighted by Gasteiger charge is 2.21. The van der Waals surface area contributed by atoms with Crippen LogP contribution in [0.25, 0.3) is 0 Å². The molecule has 1 aliphatic heterocycles.